The van der Waals surface area contributed by atoms with Gasteiger partial charge in [0, 0.05) is 12.1 Å². The fourth-order valence-electron chi connectivity index (χ4n) is 2.28. The molecule has 1 saturated carbocycles. The predicted octanol–water partition coefficient (Wildman–Crippen LogP) is 1.67. The number of hydrogen-bond donors (Lipinski definition) is 1. The maximum atomic E-state index is 12.3. The Hall–Kier alpha value is -1.30. The Morgan fingerprint density at radius 1 is 1.20 bits per heavy atom. The lowest BCUT2D eigenvalue weighted by Gasteiger charge is -2.36. The van der Waals surface area contributed by atoms with Gasteiger partial charge in [-0.05, 0) is 46.5 Å². The maximum Gasteiger partial charge on any atom is 0.411 e. The van der Waals surface area contributed by atoms with E-state index in [0.717, 1.165) is 25.7 Å². The highest BCUT2D eigenvalue weighted by Gasteiger charge is 2.32. The van der Waals surface area contributed by atoms with E-state index in [9.17, 15) is 9.59 Å². The standard InChI is InChI=1S/C14H26N2O4/c1-14(2,3)20-13(18)16(9-12(17)19-4)11-7-5-10(15)6-8-11/h10-11H,5-9,15H2,1-4H3/t10-,11-. The lowest BCUT2D eigenvalue weighted by atomic mass is 9.91. The molecule has 0 aromatic rings. The van der Waals surface area contributed by atoms with Crippen LogP contribution in [0.2, 0.25) is 0 Å². The van der Waals surface area contributed by atoms with Gasteiger partial charge in [0.2, 0.25) is 0 Å². The number of esters is 1. The number of ether oxygens (including phenoxy) is 2. The molecule has 116 valence electrons. The van der Waals surface area contributed by atoms with Crippen molar-refractivity contribution in [2.75, 3.05) is 13.7 Å². The van der Waals surface area contributed by atoms with Gasteiger partial charge in [-0.15, -0.1) is 0 Å². The summed E-state index contributed by atoms with van der Waals surface area (Å²) in [6.07, 6.45) is 2.81. The van der Waals surface area contributed by atoms with E-state index >= 15 is 0 Å². The molecule has 20 heavy (non-hydrogen) atoms. The van der Waals surface area contributed by atoms with Gasteiger partial charge in [-0.25, -0.2) is 4.79 Å². The van der Waals surface area contributed by atoms with Gasteiger partial charge in [-0.1, -0.05) is 0 Å². The van der Waals surface area contributed by atoms with Crippen LogP contribution in [0.3, 0.4) is 0 Å². The van der Waals surface area contributed by atoms with Crippen LogP contribution in [0.1, 0.15) is 46.5 Å². The van der Waals surface area contributed by atoms with Crippen molar-refractivity contribution in [2.45, 2.75) is 64.1 Å². The van der Waals surface area contributed by atoms with Crippen molar-refractivity contribution in [3.8, 4) is 0 Å². The summed E-state index contributed by atoms with van der Waals surface area (Å²) in [7, 11) is 1.31. The first-order valence-corrected chi connectivity index (χ1v) is 7.05. The van der Waals surface area contributed by atoms with E-state index in [1.165, 1.54) is 12.0 Å². The van der Waals surface area contributed by atoms with Crippen molar-refractivity contribution in [3.63, 3.8) is 0 Å². The van der Waals surface area contributed by atoms with Crippen molar-refractivity contribution < 1.29 is 19.1 Å². The highest BCUT2D eigenvalue weighted by Crippen LogP contribution is 2.24. The second kappa shape index (κ2) is 6.92. The average Bonchev–Trinajstić information content (AvgIpc) is 2.34. The summed E-state index contributed by atoms with van der Waals surface area (Å²) in [6, 6.07) is 0.175. The number of carbonyl (C=O) groups excluding carboxylic acids is 2. The van der Waals surface area contributed by atoms with Crippen LogP contribution in [0.15, 0.2) is 0 Å². The number of nitrogens with zero attached hydrogens (tertiary/aromatic N) is 1. The molecule has 0 saturated heterocycles. The molecule has 0 aliphatic heterocycles. The summed E-state index contributed by atoms with van der Waals surface area (Å²) in [5, 5.41) is 0. The number of amides is 1. The van der Waals surface area contributed by atoms with Gasteiger partial charge < -0.3 is 15.2 Å². The molecule has 0 aromatic carbocycles. The third-order valence-electron chi connectivity index (χ3n) is 3.34. The van der Waals surface area contributed by atoms with Crippen molar-refractivity contribution in [3.05, 3.63) is 0 Å². The second-order valence-electron chi connectivity index (χ2n) is 6.25. The number of methoxy groups -OCH3 is 1. The number of nitrogens with two attached hydrogens (primary N) is 1. The van der Waals surface area contributed by atoms with E-state index in [4.69, 9.17) is 10.5 Å². The smallest absolute Gasteiger partial charge is 0.411 e. The molecule has 0 spiro atoms. The van der Waals surface area contributed by atoms with Gasteiger partial charge in [0.1, 0.15) is 12.1 Å². The lowest BCUT2D eigenvalue weighted by Crippen LogP contribution is -2.48. The normalized spacial score (nSPS) is 23.1. The third-order valence-corrected chi connectivity index (χ3v) is 3.34. The van der Waals surface area contributed by atoms with Crippen LogP contribution in [0, 0.1) is 0 Å². The molecule has 1 amide bonds. The molecular formula is C14H26N2O4. The molecule has 0 heterocycles. The van der Waals surface area contributed by atoms with Crippen molar-refractivity contribution >= 4 is 12.1 Å². The Morgan fingerprint density at radius 3 is 2.20 bits per heavy atom. The third kappa shape index (κ3) is 5.36. The Morgan fingerprint density at radius 2 is 1.75 bits per heavy atom. The zero-order valence-corrected chi connectivity index (χ0v) is 12.8. The fraction of sp³-hybridized carbons (Fsp3) is 0.857. The average molecular weight is 286 g/mol. The van der Waals surface area contributed by atoms with Crippen molar-refractivity contribution in [1.29, 1.82) is 0 Å². The minimum Gasteiger partial charge on any atom is -0.468 e. The number of carbonyl (C=O) groups is 2. The highest BCUT2D eigenvalue weighted by molar-refractivity contribution is 5.78. The van der Waals surface area contributed by atoms with Crippen LogP contribution in [-0.4, -0.2) is 48.3 Å². The predicted molar refractivity (Wildman–Crippen MR) is 75.2 cm³/mol. The fourth-order valence-corrected chi connectivity index (χ4v) is 2.28. The van der Waals surface area contributed by atoms with Crippen LogP contribution in [-0.2, 0) is 14.3 Å². The Kier molecular flexibility index (Phi) is 5.80. The molecule has 6 nitrogen and oxygen atoms in total. The van der Waals surface area contributed by atoms with Gasteiger partial charge >= 0.3 is 12.1 Å². The van der Waals surface area contributed by atoms with Gasteiger partial charge in [0.25, 0.3) is 0 Å². The van der Waals surface area contributed by atoms with E-state index in [1.54, 1.807) is 20.8 Å². The number of rotatable bonds is 3. The van der Waals surface area contributed by atoms with Crippen LogP contribution in [0.5, 0.6) is 0 Å². The topological polar surface area (TPSA) is 81.9 Å². The molecule has 1 fully saturated rings. The largest absolute Gasteiger partial charge is 0.468 e. The molecule has 6 heteroatoms. The Balaban J connectivity index is 2.74. The molecule has 2 N–H and O–H groups in total. The van der Waals surface area contributed by atoms with Crippen molar-refractivity contribution in [2.24, 2.45) is 5.73 Å². The minimum absolute atomic E-state index is 0.0104. The Labute approximate surface area is 120 Å². The van der Waals surface area contributed by atoms with E-state index in [-0.39, 0.29) is 18.6 Å². The number of hydrogen-bond acceptors (Lipinski definition) is 5. The zero-order valence-electron chi connectivity index (χ0n) is 12.8. The summed E-state index contributed by atoms with van der Waals surface area (Å²) in [5.41, 5.74) is 5.29. The summed E-state index contributed by atoms with van der Waals surface area (Å²) in [4.78, 5) is 25.2. The molecule has 0 unspecified atom stereocenters. The van der Waals surface area contributed by atoms with Crippen LogP contribution < -0.4 is 5.73 Å². The Bertz CT molecular complexity index is 344. The van der Waals surface area contributed by atoms with E-state index in [2.05, 4.69) is 4.74 Å². The van der Waals surface area contributed by atoms with Crippen LogP contribution >= 0.6 is 0 Å². The van der Waals surface area contributed by atoms with Gasteiger partial charge in [-0.3, -0.25) is 9.69 Å². The van der Waals surface area contributed by atoms with Crippen LogP contribution in [0.4, 0.5) is 4.79 Å². The van der Waals surface area contributed by atoms with Crippen molar-refractivity contribution in [1.82, 2.24) is 4.90 Å². The summed E-state index contributed by atoms with van der Waals surface area (Å²) < 4.78 is 10.0. The van der Waals surface area contributed by atoms with E-state index in [1.807, 2.05) is 0 Å². The summed E-state index contributed by atoms with van der Waals surface area (Å²) in [6.45, 7) is 5.33. The molecule has 1 aliphatic rings. The lowest BCUT2D eigenvalue weighted by molar-refractivity contribution is -0.142. The minimum atomic E-state index is -0.587. The summed E-state index contributed by atoms with van der Waals surface area (Å²) >= 11 is 0. The molecule has 0 radical (unpaired) electrons. The molecule has 1 rings (SSSR count). The van der Waals surface area contributed by atoms with Gasteiger partial charge in [0.15, 0.2) is 0 Å². The molecule has 1 aliphatic carbocycles. The first-order valence-electron chi connectivity index (χ1n) is 7.05. The first kappa shape index (κ1) is 16.8. The highest BCUT2D eigenvalue weighted by atomic mass is 16.6. The monoisotopic (exact) mass is 286 g/mol. The SMILES string of the molecule is COC(=O)CN(C(=O)OC(C)(C)C)[C@H]1CC[C@H](N)CC1. The van der Waals surface area contributed by atoms with E-state index < -0.39 is 17.7 Å². The first-order chi connectivity index (χ1) is 9.23. The molecule has 0 bridgehead atoms. The molecule has 0 aromatic heterocycles. The molecule has 0 atom stereocenters. The quantitative estimate of drug-likeness (QED) is 0.798. The summed E-state index contributed by atoms with van der Waals surface area (Å²) in [5.74, 6) is -0.439. The van der Waals surface area contributed by atoms with Gasteiger partial charge in [-0.2, -0.15) is 0 Å². The maximum absolute atomic E-state index is 12.3. The second-order valence-corrected chi connectivity index (χ2v) is 6.25. The molecular weight excluding hydrogens is 260 g/mol. The van der Waals surface area contributed by atoms with Crippen LogP contribution in [0.25, 0.3) is 0 Å². The zero-order chi connectivity index (χ0) is 15.3. The van der Waals surface area contributed by atoms with E-state index in [0.29, 0.717) is 0 Å². The van der Waals surface area contributed by atoms with Gasteiger partial charge in [0.05, 0.1) is 7.11 Å².